The first kappa shape index (κ1) is 9.66. The lowest BCUT2D eigenvalue weighted by molar-refractivity contribution is 0.388. The standard InChI is InChI=1S/C7H10FN3O2/c1-7(2,9)6-10-4(12)3(8)5(13)11-6/h9H2,1-2H3,(H2,10,11,12,13). The fourth-order valence-corrected chi connectivity index (χ4v) is 0.752. The van der Waals surface area contributed by atoms with E-state index in [1.807, 2.05) is 0 Å². The van der Waals surface area contributed by atoms with Gasteiger partial charge in [-0.05, 0) is 13.8 Å². The average molecular weight is 187 g/mol. The van der Waals surface area contributed by atoms with Crippen molar-refractivity contribution in [2.45, 2.75) is 19.4 Å². The Morgan fingerprint density at radius 2 is 2.15 bits per heavy atom. The molecule has 0 radical (unpaired) electrons. The van der Waals surface area contributed by atoms with Crippen molar-refractivity contribution in [2.24, 2.45) is 5.73 Å². The largest absolute Gasteiger partial charge is 0.491 e. The molecular formula is C7H10FN3O2. The van der Waals surface area contributed by atoms with Crippen molar-refractivity contribution in [3.05, 3.63) is 22.0 Å². The van der Waals surface area contributed by atoms with Crippen LogP contribution < -0.4 is 11.3 Å². The summed E-state index contributed by atoms with van der Waals surface area (Å²) in [5, 5.41) is 8.88. The van der Waals surface area contributed by atoms with Crippen molar-refractivity contribution in [2.75, 3.05) is 0 Å². The zero-order valence-corrected chi connectivity index (χ0v) is 7.26. The number of aromatic hydroxyl groups is 1. The molecule has 1 aromatic heterocycles. The monoisotopic (exact) mass is 187 g/mol. The van der Waals surface area contributed by atoms with Crippen LogP contribution in [-0.2, 0) is 5.54 Å². The lowest BCUT2D eigenvalue weighted by Gasteiger charge is -2.16. The maximum atomic E-state index is 12.6. The summed E-state index contributed by atoms with van der Waals surface area (Å²) in [4.78, 5) is 16.4. The molecule has 0 spiro atoms. The molecule has 72 valence electrons. The molecular weight excluding hydrogens is 177 g/mol. The molecule has 4 N–H and O–H groups in total. The first-order chi connectivity index (χ1) is 5.82. The topological polar surface area (TPSA) is 92.0 Å². The molecule has 0 fully saturated rings. The minimum absolute atomic E-state index is 0.0383. The number of nitrogens with one attached hydrogen (secondary N) is 1. The number of nitrogens with zero attached hydrogens (tertiary/aromatic N) is 1. The van der Waals surface area contributed by atoms with Crippen LogP contribution in [0.1, 0.15) is 19.7 Å². The molecule has 0 aromatic carbocycles. The van der Waals surface area contributed by atoms with Gasteiger partial charge < -0.3 is 15.8 Å². The smallest absolute Gasteiger partial charge is 0.291 e. The molecule has 0 saturated carbocycles. The molecule has 0 aliphatic heterocycles. The Kier molecular flexibility index (Phi) is 2.09. The highest BCUT2D eigenvalue weighted by atomic mass is 19.1. The molecule has 5 nitrogen and oxygen atoms in total. The van der Waals surface area contributed by atoms with Crippen molar-refractivity contribution in [1.82, 2.24) is 9.97 Å². The lowest BCUT2D eigenvalue weighted by Crippen LogP contribution is -2.34. The van der Waals surface area contributed by atoms with E-state index in [0.717, 1.165) is 0 Å². The third-order valence-corrected chi connectivity index (χ3v) is 1.46. The second kappa shape index (κ2) is 2.81. The van der Waals surface area contributed by atoms with Gasteiger partial charge in [0.15, 0.2) is 0 Å². The van der Waals surface area contributed by atoms with Gasteiger partial charge in [-0.25, -0.2) is 0 Å². The Bertz CT molecular complexity index is 380. The quantitative estimate of drug-likeness (QED) is 0.568. The molecule has 1 rings (SSSR count). The van der Waals surface area contributed by atoms with E-state index in [4.69, 9.17) is 10.8 Å². The number of aromatic amines is 1. The Morgan fingerprint density at radius 3 is 2.54 bits per heavy atom. The molecule has 0 aliphatic rings. The highest BCUT2D eigenvalue weighted by Gasteiger charge is 2.20. The SMILES string of the molecule is CC(C)(N)c1nc(O)c(F)c(=O)[nH]1. The maximum Gasteiger partial charge on any atom is 0.291 e. The van der Waals surface area contributed by atoms with Crippen molar-refractivity contribution in [1.29, 1.82) is 0 Å². The van der Waals surface area contributed by atoms with Gasteiger partial charge in [0.05, 0.1) is 5.54 Å². The van der Waals surface area contributed by atoms with Gasteiger partial charge in [0.2, 0.25) is 5.82 Å². The van der Waals surface area contributed by atoms with E-state index in [0.29, 0.717) is 0 Å². The zero-order chi connectivity index (χ0) is 10.2. The molecule has 0 amide bonds. The fourth-order valence-electron chi connectivity index (χ4n) is 0.752. The van der Waals surface area contributed by atoms with Crippen molar-refractivity contribution in [3.8, 4) is 5.88 Å². The first-order valence-corrected chi connectivity index (χ1v) is 3.60. The van der Waals surface area contributed by atoms with Gasteiger partial charge >= 0.3 is 0 Å². The van der Waals surface area contributed by atoms with E-state index in [2.05, 4.69) is 9.97 Å². The molecule has 13 heavy (non-hydrogen) atoms. The van der Waals surface area contributed by atoms with Gasteiger partial charge in [-0.3, -0.25) is 4.79 Å². The summed E-state index contributed by atoms with van der Waals surface area (Å²) in [5.41, 5.74) is 3.63. The molecule has 0 saturated heterocycles. The predicted molar refractivity (Wildman–Crippen MR) is 43.7 cm³/mol. The van der Waals surface area contributed by atoms with Crippen LogP contribution in [0.5, 0.6) is 5.88 Å². The first-order valence-electron chi connectivity index (χ1n) is 3.60. The summed E-state index contributed by atoms with van der Waals surface area (Å²) < 4.78 is 12.6. The lowest BCUT2D eigenvalue weighted by atomic mass is 10.1. The van der Waals surface area contributed by atoms with Crippen LogP contribution in [0.4, 0.5) is 4.39 Å². The summed E-state index contributed by atoms with van der Waals surface area (Å²) in [6.07, 6.45) is 0. The Balaban J connectivity index is 3.38. The zero-order valence-electron chi connectivity index (χ0n) is 7.26. The summed E-state index contributed by atoms with van der Waals surface area (Å²) in [5.74, 6) is -2.19. The fraction of sp³-hybridized carbons (Fsp3) is 0.429. The summed E-state index contributed by atoms with van der Waals surface area (Å²) >= 11 is 0. The summed E-state index contributed by atoms with van der Waals surface area (Å²) in [6.45, 7) is 3.14. The normalized spacial score (nSPS) is 11.7. The van der Waals surface area contributed by atoms with E-state index >= 15 is 0 Å². The van der Waals surface area contributed by atoms with Crippen LogP contribution >= 0.6 is 0 Å². The average Bonchev–Trinajstić information content (AvgIpc) is 1.97. The Hall–Kier alpha value is -1.43. The number of hydrogen-bond acceptors (Lipinski definition) is 4. The molecule has 6 heteroatoms. The van der Waals surface area contributed by atoms with E-state index in [9.17, 15) is 9.18 Å². The van der Waals surface area contributed by atoms with Crippen LogP contribution in [0.3, 0.4) is 0 Å². The third-order valence-electron chi connectivity index (χ3n) is 1.46. The minimum Gasteiger partial charge on any atom is -0.491 e. The molecule has 0 bridgehead atoms. The van der Waals surface area contributed by atoms with E-state index in [1.165, 1.54) is 0 Å². The summed E-state index contributed by atoms with van der Waals surface area (Å²) in [6, 6.07) is 0. The second-order valence-electron chi connectivity index (χ2n) is 3.27. The van der Waals surface area contributed by atoms with E-state index in [1.54, 1.807) is 13.8 Å². The number of hydrogen-bond donors (Lipinski definition) is 3. The highest BCUT2D eigenvalue weighted by Crippen LogP contribution is 2.13. The van der Waals surface area contributed by atoms with Crippen LogP contribution in [-0.4, -0.2) is 15.1 Å². The number of rotatable bonds is 1. The Morgan fingerprint density at radius 1 is 1.62 bits per heavy atom. The number of H-pyrrole nitrogens is 1. The van der Waals surface area contributed by atoms with Crippen molar-refractivity contribution < 1.29 is 9.50 Å². The Labute approximate surface area is 73.4 Å². The van der Waals surface area contributed by atoms with Gasteiger partial charge in [-0.2, -0.15) is 9.37 Å². The molecule has 0 unspecified atom stereocenters. The van der Waals surface area contributed by atoms with Crippen LogP contribution in [0.2, 0.25) is 0 Å². The summed E-state index contributed by atoms with van der Waals surface area (Å²) in [7, 11) is 0. The highest BCUT2D eigenvalue weighted by molar-refractivity contribution is 5.13. The predicted octanol–water partition coefficient (Wildman–Crippen LogP) is -0.192. The van der Waals surface area contributed by atoms with Gasteiger partial charge in [0, 0.05) is 0 Å². The van der Waals surface area contributed by atoms with Crippen LogP contribution in [0.15, 0.2) is 4.79 Å². The molecule has 1 heterocycles. The van der Waals surface area contributed by atoms with Crippen molar-refractivity contribution >= 4 is 0 Å². The molecule has 1 aromatic rings. The molecule has 0 atom stereocenters. The van der Waals surface area contributed by atoms with Crippen LogP contribution in [0.25, 0.3) is 0 Å². The van der Waals surface area contributed by atoms with Gasteiger partial charge in [0.1, 0.15) is 5.82 Å². The number of aromatic nitrogens is 2. The van der Waals surface area contributed by atoms with E-state index < -0.39 is 22.8 Å². The molecule has 0 aliphatic carbocycles. The van der Waals surface area contributed by atoms with Gasteiger partial charge in [0.25, 0.3) is 11.4 Å². The van der Waals surface area contributed by atoms with Gasteiger partial charge in [-0.15, -0.1) is 0 Å². The van der Waals surface area contributed by atoms with Crippen molar-refractivity contribution in [3.63, 3.8) is 0 Å². The second-order valence-corrected chi connectivity index (χ2v) is 3.27. The van der Waals surface area contributed by atoms with E-state index in [-0.39, 0.29) is 5.82 Å². The number of nitrogens with two attached hydrogens (primary N) is 1. The minimum atomic E-state index is -1.30. The third kappa shape index (κ3) is 1.83. The van der Waals surface area contributed by atoms with Gasteiger partial charge in [-0.1, -0.05) is 0 Å². The number of halogens is 1. The maximum absolute atomic E-state index is 12.6. The van der Waals surface area contributed by atoms with Crippen LogP contribution in [0, 0.1) is 5.82 Å².